The molecule has 0 amide bonds. The molecule has 100 valence electrons. The number of carbonyl (C=O) groups excluding carboxylic acids is 1. The third kappa shape index (κ3) is 2.59. The zero-order chi connectivity index (χ0) is 14.2. The molecule has 1 heterocycles. The van der Waals surface area contributed by atoms with Gasteiger partial charge in [-0.1, -0.05) is 12.1 Å². The zero-order valence-corrected chi connectivity index (χ0v) is 11.0. The van der Waals surface area contributed by atoms with Gasteiger partial charge in [0.1, 0.15) is 5.60 Å². The van der Waals surface area contributed by atoms with Gasteiger partial charge < -0.3 is 9.84 Å². The van der Waals surface area contributed by atoms with Gasteiger partial charge in [-0.25, -0.2) is 9.59 Å². The van der Waals surface area contributed by atoms with Crippen LogP contribution in [0.1, 0.15) is 31.1 Å². The normalized spacial score (nSPS) is 11.5. The highest BCUT2D eigenvalue weighted by molar-refractivity contribution is 6.05. The molecule has 1 N–H and O–H groups in total. The summed E-state index contributed by atoms with van der Waals surface area (Å²) in [6, 6.07) is 6.55. The van der Waals surface area contributed by atoms with Crippen LogP contribution in [0.3, 0.4) is 0 Å². The number of aromatic nitrogens is 1. The molecule has 19 heavy (non-hydrogen) atoms. The molecule has 0 unspecified atom stereocenters. The number of benzene rings is 1. The number of hydrogen-bond acceptors (Lipinski definition) is 3. The van der Waals surface area contributed by atoms with E-state index in [9.17, 15) is 14.7 Å². The Morgan fingerprint density at radius 1 is 1.21 bits per heavy atom. The van der Waals surface area contributed by atoms with Crippen LogP contribution >= 0.6 is 0 Å². The molecule has 0 bridgehead atoms. The Morgan fingerprint density at radius 3 is 2.47 bits per heavy atom. The van der Waals surface area contributed by atoms with Gasteiger partial charge in [0.2, 0.25) is 0 Å². The van der Waals surface area contributed by atoms with Crippen molar-refractivity contribution in [2.45, 2.75) is 26.4 Å². The maximum atomic E-state index is 12.1. The van der Waals surface area contributed by atoms with Crippen molar-refractivity contribution in [1.82, 2.24) is 4.57 Å². The number of aromatic carboxylic acids is 1. The highest BCUT2D eigenvalue weighted by Gasteiger charge is 2.21. The topological polar surface area (TPSA) is 68.5 Å². The molecule has 0 aliphatic carbocycles. The highest BCUT2D eigenvalue weighted by Crippen LogP contribution is 2.22. The van der Waals surface area contributed by atoms with Crippen LogP contribution in [0.4, 0.5) is 4.79 Å². The van der Waals surface area contributed by atoms with Crippen molar-refractivity contribution in [3.05, 3.63) is 36.0 Å². The van der Waals surface area contributed by atoms with Crippen LogP contribution in [0.25, 0.3) is 10.9 Å². The molecule has 1 aromatic heterocycles. The van der Waals surface area contributed by atoms with Crippen molar-refractivity contribution in [3.63, 3.8) is 0 Å². The van der Waals surface area contributed by atoms with Crippen molar-refractivity contribution < 1.29 is 19.4 Å². The molecule has 0 fully saturated rings. The van der Waals surface area contributed by atoms with Gasteiger partial charge >= 0.3 is 12.1 Å². The maximum absolute atomic E-state index is 12.1. The first kappa shape index (κ1) is 13.1. The van der Waals surface area contributed by atoms with Gasteiger partial charge in [-0.05, 0) is 32.9 Å². The fourth-order valence-corrected chi connectivity index (χ4v) is 1.83. The molecular formula is C14H15NO4. The average molecular weight is 261 g/mol. The highest BCUT2D eigenvalue weighted by atomic mass is 16.6. The number of fused-ring (bicyclic) bond motifs is 1. The first-order chi connectivity index (χ1) is 8.79. The lowest BCUT2D eigenvalue weighted by Crippen LogP contribution is -2.27. The number of carboxylic acids is 1. The van der Waals surface area contributed by atoms with Gasteiger partial charge in [0.15, 0.2) is 0 Å². The van der Waals surface area contributed by atoms with E-state index >= 15 is 0 Å². The summed E-state index contributed by atoms with van der Waals surface area (Å²) < 4.78 is 6.48. The Kier molecular flexibility index (Phi) is 3.06. The Bertz CT molecular complexity index is 649. The van der Waals surface area contributed by atoms with E-state index in [0.717, 1.165) is 0 Å². The number of hydrogen-bond donors (Lipinski definition) is 1. The van der Waals surface area contributed by atoms with E-state index in [4.69, 9.17) is 4.74 Å². The second-order valence-corrected chi connectivity index (χ2v) is 5.21. The van der Waals surface area contributed by atoms with E-state index < -0.39 is 17.7 Å². The van der Waals surface area contributed by atoms with Crippen molar-refractivity contribution >= 4 is 23.0 Å². The average Bonchev–Trinajstić information content (AvgIpc) is 2.69. The number of para-hydroxylation sites is 1. The summed E-state index contributed by atoms with van der Waals surface area (Å²) >= 11 is 0. The van der Waals surface area contributed by atoms with Crippen molar-refractivity contribution in [1.29, 1.82) is 0 Å². The molecule has 0 aliphatic rings. The monoisotopic (exact) mass is 261 g/mol. The minimum absolute atomic E-state index is 0.0772. The van der Waals surface area contributed by atoms with E-state index in [1.807, 2.05) is 0 Å². The first-order valence-electron chi connectivity index (χ1n) is 5.86. The minimum atomic E-state index is -1.07. The largest absolute Gasteiger partial charge is 0.478 e. The molecule has 2 rings (SSSR count). The molecule has 2 aromatic rings. The number of carbonyl (C=O) groups is 2. The quantitative estimate of drug-likeness (QED) is 0.856. The summed E-state index contributed by atoms with van der Waals surface area (Å²) in [4.78, 5) is 23.3. The lowest BCUT2D eigenvalue weighted by atomic mass is 10.1. The van der Waals surface area contributed by atoms with Crippen LogP contribution in [-0.4, -0.2) is 27.3 Å². The number of carboxylic acid groups (broad SMARTS) is 1. The van der Waals surface area contributed by atoms with Gasteiger partial charge in [-0.2, -0.15) is 0 Å². The van der Waals surface area contributed by atoms with Crippen LogP contribution in [0.2, 0.25) is 0 Å². The minimum Gasteiger partial charge on any atom is -0.478 e. The van der Waals surface area contributed by atoms with Gasteiger partial charge in [-0.3, -0.25) is 4.57 Å². The third-order valence-electron chi connectivity index (χ3n) is 2.53. The molecule has 1 aromatic carbocycles. The van der Waals surface area contributed by atoms with Crippen molar-refractivity contribution in [3.8, 4) is 0 Å². The number of ether oxygens (including phenoxy) is 1. The second kappa shape index (κ2) is 4.42. The van der Waals surface area contributed by atoms with Gasteiger partial charge in [0.05, 0.1) is 11.1 Å². The van der Waals surface area contributed by atoms with E-state index in [-0.39, 0.29) is 5.56 Å². The maximum Gasteiger partial charge on any atom is 0.419 e. The first-order valence-corrected chi connectivity index (χ1v) is 5.86. The fourth-order valence-electron chi connectivity index (χ4n) is 1.83. The standard InChI is InChI=1S/C14H15NO4/c1-14(2,3)19-13(18)15-8-7-9-5-4-6-10(11(9)15)12(16)17/h4-8H,1-3H3,(H,16,17). The molecule has 0 aliphatic heterocycles. The Balaban J connectivity index is 2.56. The molecule has 5 heteroatoms. The molecule has 0 radical (unpaired) electrons. The molecule has 0 saturated carbocycles. The van der Waals surface area contributed by atoms with E-state index in [1.165, 1.54) is 16.8 Å². The van der Waals surface area contributed by atoms with Gasteiger partial charge in [0, 0.05) is 11.6 Å². The SMILES string of the molecule is CC(C)(C)OC(=O)n1ccc2cccc(C(=O)O)c21. The van der Waals surface area contributed by atoms with Crippen molar-refractivity contribution in [2.75, 3.05) is 0 Å². The summed E-state index contributed by atoms with van der Waals surface area (Å²) in [5, 5.41) is 9.86. The number of rotatable bonds is 1. The van der Waals surface area contributed by atoms with E-state index in [2.05, 4.69) is 0 Å². The summed E-state index contributed by atoms with van der Waals surface area (Å²) in [6.07, 6.45) is 0.932. The summed E-state index contributed by atoms with van der Waals surface area (Å²) in [7, 11) is 0. The van der Waals surface area contributed by atoms with Crippen molar-refractivity contribution in [2.24, 2.45) is 0 Å². The predicted molar refractivity (Wildman–Crippen MR) is 70.5 cm³/mol. The summed E-state index contributed by atoms with van der Waals surface area (Å²) in [6.45, 7) is 5.28. The van der Waals surface area contributed by atoms with Crippen LogP contribution in [-0.2, 0) is 4.74 Å². The Hall–Kier alpha value is -2.30. The van der Waals surface area contributed by atoms with Gasteiger partial charge in [-0.15, -0.1) is 0 Å². The van der Waals surface area contributed by atoms with Gasteiger partial charge in [0.25, 0.3) is 0 Å². The molecule has 5 nitrogen and oxygen atoms in total. The lowest BCUT2D eigenvalue weighted by molar-refractivity contribution is 0.0544. The van der Waals surface area contributed by atoms with E-state index in [1.54, 1.807) is 39.0 Å². The number of nitrogens with zero attached hydrogens (tertiary/aromatic N) is 1. The second-order valence-electron chi connectivity index (χ2n) is 5.21. The third-order valence-corrected chi connectivity index (χ3v) is 2.53. The Labute approximate surface area is 110 Å². The Morgan fingerprint density at radius 2 is 1.89 bits per heavy atom. The van der Waals surface area contributed by atoms with Crippen LogP contribution in [0, 0.1) is 0 Å². The molecule has 0 atom stereocenters. The summed E-state index contributed by atoms with van der Waals surface area (Å²) in [5.41, 5.74) is -0.205. The summed E-state index contributed by atoms with van der Waals surface area (Å²) in [5.74, 6) is -1.07. The van der Waals surface area contributed by atoms with Crippen LogP contribution in [0.15, 0.2) is 30.5 Å². The molecule has 0 saturated heterocycles. The van der Waals surface area contributed by atoms with E-state index in [0.29, 0.717) is 10.9 Å². The fraction of sp³-hybridized carbons (Fsp3) is 0.286. The molecule has 0 spiro atoms. The lowest BCUT2D eigenvalue weighted by Gasteiger charge is -2.20. The zero-order valence-electron chi connectivity index (χ0n) is 11.0. The van der Waals surface area contributed by atoms with Crippen LogP contribution < -0.4 is 0 Å². The smallest absolute Gasteiger partial charge is 0.419 e. The molecular weight excluding hydrogens is 246 g/mol. The van der Waals surface area contributed by atoms with Crippen LogP contribution in [0.5, 0.6) is 0 Å². The predicted octanol–water partition coefficient (Wildman–Crippen LogP) is 3.12.